The number of carbonyl (C=O) groups excluding carboxylic acids is 1. The summed E-state index contributed by atoms with van der Waals surface area (Å²) in [5.41, 5.74) is 0. The molecule has 0 aliphatic carbocycles. The van der Waals surface area contributed by atoms with Gasteiger partial charge in [0.15, 0.2) is 6.10 Å². The van der Waals surface area contributed by atoms with Crippen LogP contribution >= 0.6 is 0 Å². The van der Waals surface area contributed by atoms with Crippen molar-refractivity contribution in [1.29, 1.82) is 0 Å². The molecule has 3 atom stereocenters. The van der Waals surface area contributed by atoms with Gasteiger partial charge in [-0.15, -0.1) is 0 Å². The molecule has 5 nitrogen and oxygen atoms in total. The van der Waals surface area contributed by atoms with E-state index in [0.717, 1.165) is 6.54 Å². The summed E-state index contributed by atoms with van der Waals surface area (Å²) in [7, 11) is 0. The van der Waals surface area contributed by atoms with E-state index in [4.69, 9.17) is 9.47 Å². The standard InChI is InChI=1S/C12H22N2O3/c1-9-3-2-4-13-10(9)7-14-12(15)11-8-16-5-6-17-11/h9-11,13H,2-8H2,1H3,(H,14,15). The molecule has 0 spiro atoms. The second-order valence-electron chi connectivity index (χ2n) is 4.86. The van der Waals surface area contributed by atoms with E-state index in [9.17, 15) is 4.79 Å². The van der Waals surface area contributed by atoms with E-state index >= 15 is 0 Å². The summed E-state index contributed by atoms with van der Waals surface area (Å²) in [6.45, 7) is 5.43. The minimum absolute atomic E-state index is 0.0516. The molecule has 0 saturated carbocycles. The zero-order valence-corrected chi connectivity index (χ0v) is 10.4. The van der Waals surface area contributed by atoms with Crippen molar-refractivity contribution < 1.29 is 14.3 Å². The maximum absolute atomic E-state index is 11.8. The molecule has 2 N–H and O–H groups in total. The molecular weight excluding hydrogens is 220 g/mol. The zero-order valence-electron chi connectivity index (χ0n) is 10.4. The SMILES string of the molecule is CC1CCCNC1CNC(=O)C1COCCO1. The Kier molecular flexibility index (Phi) is 4.76. The lowest BCUT2D eigenvalue weighted by Crippen LogP contribution is -2.51. The molecule has 0 bridgehead atoms. The van der Waals surface area contributed by atoms with E-state index < -0.39 is 6.10 Å². The monoisotopic (exact) mass is 242 g/mol. The van der Waals surface area contributed by atoms with Crippen molar-refractivity contribution >= 4 is 5.91 Å². The molecule has 2 fully saturated rings. The fourth-order valence-electron chi connectivity index (χ4n) is 2.35. The van der Waals surface area contributed by atoms with Gasteiger partial charge in [0, 0.05) is 12.6 Å². The van der Waals surface area contributed by atoms with Gasteiger partial charge in [-0.25, -0.2) is 0 Å². The highest BCUT2D eigenvalue weighted by Gasteiger charge is 2.25. The van der Waals surface area contributed by atoms with Crippen LogP contribution < -0.4 is 10.6 Å². The van der Waals surface area contributed by atoms with Crippen LogP contribution in [0.4, 0.5) is 0 Å². The lowest BCUT2D eigenvalue weighted by Gasteiger charge is -2.31. The van der Waals surface area contributed by atoms with Gasteiger partial charge >= 0.3 is 0 Å². The third-order valence-electron chi connectivity index (χ3n) is 3.53. The highest BCUT2D eigenvalue weighted by Crippen LogP contribution is 2.14. The van der Waals surface area contributed by atoms with Gasteiger partial charge in [0.2, 0.25) is 0 Å². The van der Waals surface area contributed by atoms with Crippen LogP contribution in [0.3, 0.4) is 0 Å². The molecule has 98 valence electrons. The predicted molar refractivity (Wildman–Crippen MR) is 63.8 cm³/mol. The molecule has 0 radical (unpaired) electrons. The molecule has 1 amide bonds. The summed E-state index contributed by atoms with van der Waals surface area (Å²) in [4.78, 5) is 11.8. The quantitative estimate of drug-likeness (QED) is 0.726. The van der Waals surface area contributed by atoms with Crippen molar-refractivity contribution in [1.82, 2.24) is 10.6 Å². The average Bonchev–Trinajstić information content (AvgIpc) is 2.38. The molecule has 2 rings (SSSR count). The van der Waals surface area contributed by atoms with Gasteiger partial charge in [-0.05, 0) is 25.3 Å². The first kappa shape index (κ1) is 12.8. The fraction of sp³-hybridized carbons (Fsp3) is 0.917. The second kappa shape index (κ2) is 6.33. The maximum Gasteiger partial charge on any atom is 0.251 e. The average molecular weight is 242 g/mol. The van der Waals surface area contributed by atoms with E-state index in [1.807, 2.05) is 0 Å². The van der Waals surface area contributed by atoms with Crippen LogP contribution in [0.2, 0.25) is 0 Å². The van der Waals surface area contributed by atoms with Crippen molar-refractivity contribution in [3.63, 3.8) is 0 Å². The number of rotatable bonds is 3. The predicted octanol–water partition coefficient (Wildman–Crippen LogP) is -0.0939. The Bertz CT molecular complexity index is 254. The minimum Gasteiger partial charge on any atom is -0.376 e. The highest BCUT2D eigenvalue weighted by atomic mass is 16.6. The van der Waals surface area contributed by atoms with Crippen molar-refractivity contribution in [2.45, 2.75) is 31.9 Å². The number of carbonyl (C=O) groups is 1. The third kappa shape index (κ3) is 3.66. The maximum atomic E-state index is 11.8. The molecular formula is C12H22N2O3. The summed E-state index contributed by atoms with van der Waals surface area (Å²) >= 11 is 0. The minimum atomic E-state index is -0.428. The largest absolute Gasteiger partial charge is 0.376 e. The summed E-state index contributed by atoms with van der Waals surface area (Å²) < 4.78 is 10.6. The highest BCUT2D eigenvalue weighted by molar-refractivity contribution is 5.81. The van der Waals surface area contributed by atoms with Gasteiger partial charge < -0.3 is 20.1 Å². The number of ether oxygens (including phenoxy) is 2. The van der Waals surface area contributed by atoms with Gasteiger partial charge in [0.1, 0.15) is 0 Å². The van der Waals surface area contributed by atoms with Crippen LogP contribution in [0.15, 0.2) is 0 Å². The Labute approximate surface area is 102 Å². The van der Waals surface area contributed by atoms with Gasteiger partial charge in [-0.2, -0.15) is 0 Å². The normalized spacial score (nSPS) is 34.3. The first-order chi connectivity index (χ1) is 8.27. The van der Waals surface area contributed by atoms with Crippen LogP contribution in [0.5, 0.6) is 0 Å². The number of piperidine rings is 1. The number of hydrogen-bond donors (Lipinski definition) is 2. The van der Waals surface area contributed by atoms with Crippen LogP contribution in [0.1, 0.15) is 19.8 Å². The van der Waals surface area contributed by atoms with Crippen LogP contribution in [-0.2, 0) is 14.3 Å². The summed E-state index contributed by atoms with van der Waals surface area (Å²) in [6.07, 6.45) is 2.03. The Morgan fingerprint density at radius 2 is 2.35 bits per heavy atom. The lowest BCUT2D eigenvalue weighted by molar-refractivity contribution is -0.147. The first-order valence-corrected chi connectivity index (χ1v) is 6.48. The van der Waals surface area contributed by atoms with Crippen molar-refractivity contribution in [3.8, 4) is 0 Å². The molecule has 2 aliphatic rings. The number of amides is 1. The van der Waals surface area contributed by atoms with E-state index in [1.165, 1.54) is 12.8 Å². The van der Waals surface area contributed by atoms with Crippen molar-refractivity contribution in [3.05, 3.63) is 0 Å². The smallest absolute Gasteiger partial charge is 0.251 e. The first-order valence-electron chi connectivity index (χ1n) is 6.48. The molecule has 2 saturated heterocycles. The lowest BCUT2D eigenvalue weighted by atomic mass is 9.93. The molecule has 0 aromatic rings. The molecule has 5 heteroatoms. The second-order valence-corrected chi connectivity index (χ2v) is 4.86. The van der Waals surface area contributed by atoms with Gasteiger partial charge in [-0.1, -0.05) is 6.92 Å². The Morgan fingerprint density at radius 1 is 1.47 bits per heavy atom. The number of hydrogen-bond acceptors (Lipinski definition) is 4. The van der Waals surface area contributed by atoms with Crippen molar-refractivity contribution in [2.24, 2.45) is 5.92 Å². The third-order valence-corrected chi connectivity index (χ3v) is 3.53. The summed E-state index contributed by atoms with van der Waals surface area (Å²) in [5.74, 6) is 0.567. The van der Waals surface area contributed by atoms with Crippen LogP contribution in [0.25, 0.3) is 0 Å². The van der Waals surface area contributed by atoms with Crippen molar-refractivity contribution in [2.75, 3.05) is 32.9 Å². The van der Waals surface area contributed by atoms with E-state index in [2.05, 4.69) is 17.6 Å². The molecule has 0 aromatic carbocycles. The molecule has 3 unspecified atom stereocenters. The topological polar surface area (TPSA) is 59.6 Å². The molecule has 0 aromatic heterocycles. The van der Waals surface area contributed by atoms with Crippen LogP contribution in [-0.4, -0.2) is 51.0 Å². The molecule has 17 heavy (non-hydrogen) atoms. The summed E-state index contributed by atoms with van der Waals surface area (Å²) in [5, 5.41) is 6.39. The summed E-state index contributed by atoms with van der Waals surface area (Å²) in [6, 6.07) is 0.386. The Morgan fingerprint density at radius 3 is 3.06 bits per heavy atom. The Balaban J connectivity index is 1.71. The molecule has 2 heterocycles. The van der Waals surface area contributed by atoms with E-state index in [-0.39, 0.29) is 5.91 Å². The van der Waals surface area contributed by atoms with Gasteiger partial charge in [0.25, 0.3) is 5.91 Å². The van der Waals surface area contributed by atoms with E-state index in [0.29, 0.717) is 38.3 Å². The molecule has 2 aliphatic heterocycles. The van der Waals surface area contributed by atoms with Gasteiger partial charge in [0.05, 0.1) is 19.8 Å². The van der Waals surface area contributed by atoms with Crippen LogP contribution in [0, 0.1) is 5.92 Å². The Hall–Kier alpha value is -0.650. The number of nitrogens with one attached hydrogen (secondary N) is 2. The zero-order chi connectivity index (χ0) is 12.1. The van der Waals surface area contributed by atoms with E-state index in [1.54, 1.807) is 0 Å². The fourth-order valence-corrected chi connectivity index (χ4v) is 2.35. The van der Waals surface area contributed by atoms with Gasteiger partial charge in [-0.3, -0.25) is 4.79 Å².